The Morgan fingerprint density at radius 2 is 1.92 bits per heavy atom. The maximum Gasteiger partial charge on any atom is 0.229 e. The highest BCUT2D eigenvalue weighted by Crippen LogP contribution is 2.45. The predicted molar refractivity (Wildman–Crippen MR) is 96.2 cm³/mol. The number of carbonyl (C=O) groups is 2. The van der Waals surface area contributed by atoms with E-state index in [1.807, 2.05) is 35.0 Å². The van der Waals surface area contributed by atoms with E-state index >= 15 is 0 Å². The van der Waals surface area contributed by atoms with Gasteiger partial charge in [0.25, 0.3) is 0 Å². The molecule has 0 unspecified atom stereocenters. The Bertz CT molecular complexity index is 609. The monoisotopic (exact) mass is 344 g/mol. The van der Waals surface area contributed by atoms with Gasteiger partial charge in [-0.25, -0.2) is 0 Å². The second-order valence-corrected chi connectivity index (χ2v) is 7.49. The number of piperidine rings is 2. The number of rotatable bonds is 4. The molecule has 3 rings (SSSR count). The first-order valence-electron chi connectivity index (χ1n) is 9.11. The van der Waals surface area contributed by atoms with E-state index in [-0.39, 0.29) is 23.1 Å². The van der Waals surface area contributed by atoms with Crippen molar-refractivity contribution < 1.29 is 14.3 Å². The van der Waals surface area contributed by atoms with Crippen LogP contribution in [0.3, 0.4) is 0 Å². The Hall–Kier alpha value is -1.88. The van der Waals surface area contributed by atoms with Gasteiger partial charge in [-0.15, -0.1) is 0 Å². The van der Waals surface area contributed by atoms with Crippen molar-refractivity contribution in [2.24, 2.45) is 5.41 Å². The lowest BCUT2D eigenvalue weighted by molar-refractivity contribution is -0.143. The number of carbonyl (C=O) groups excluding carboxylic acids is 2. The lowest BCUT2D eigenvalue weighted by Crippen LogP contribution is -2.53. The van der Waals surface area contributed by atoms with Crippen LogP contribution in [0.5, 0.6) is 0 Å². The zero-order valence-electron chi connectivity index (χ0n) is 15.2. The fraction of sp³-hybridized carbons (Fsp3) is 0.600. The van der Waals surface area contributed by atoms with Crippen LogP contribution in [0.1, 0.15) is 37.2 Å². The van der Waals surface area contributed by atoms with Gasteiger partial charge >= 0.3 is 0 Å². The van der Waals surface area contributed by atoms with Crippen LogP contribution in [0.4, 0.5) is 0 Å². The van der Waals surface area contributed by atoms with E-state index in [4.69, 9.17) is 4.74 Å². The molecule has 5 heteroatoms. The molecule has 1 atom stereocenters. The first-order chi connectivity index (χ1) is 12.0. The molecule has 25 heavy (non-hydrogen) atoms. The number of hydrogen-bond donors (Lipinski definition) is 0. The number of amides is 2. The van der Waals surface area contributed by atoms with E-state index in [9.17, 15) is 9.59 Å². The third-order valence-electron chi connectivity index (χ3n) is 5.78. The van der Waals surface area contributed by atoms with Crippen LogP contribution in [0.25, 0.3) is 0 Å². The SMILES string of the molecule is COCCC(=O)N1CCC2(CC1)C[C@H](c1ccccc1)C(=O)N(C)C2. The van der Waals surface area contributed by atoms with Crippen LogP contribution in [0, 0.1) is 5.41 Å². The molecule has 0 radical (unpaired) electrons. The molecule has 0 saturated carbocycles. The molecule has 0 aliphatic carbocycles. The van der Waals surface area contributed by atoms with Gasteiger partial charge in [-0.05, 0) is 30.2 Å². The largest absolute Gasteiger partial charge is 0.384 e. The molecule has 5 nitrogen and oxygen atoms in total. The van der Waals surface area contributed by atoms with Crippen LogP contribution >= 0.6 is 0 Å². The summed E-state index contributed by atoms with van der Waals surface area (Å²) in [7, 11) is 3.53. The molecule has 2 aliphatic heterocycles. The third-order valence-corrected chi connectivity index (χ3v) is 5.78. The van der Waals surface area contributed by atoms with Crippen LogP contribution < -0.4 is 0 Å². The molecule has 2 heterocycles. The van der Waals surface area contributed by atoms with Crippen molar-refractivity contribution in [3.63, 3.8) is 0 Å². The molecule has 2 aliphatic rings. The highest BCUT2D eigenvalue weighted by Gasteiger charge is 2.45. The Morgan fingerprint density at radius 3 is 2.56 bits per heavy atom. The van der Waals surface area contributed by atoms with Crippen LogP contribution in [0.2, 0.25) is 0 Å². The lowest BCUT2D eigenvalue weighted by Gasteiger charge is -2.49. The molecule has 136 valence electrons. The van der Waals surface area contributed by atoms with Crippen molar-refractivity contribution in [3.05, 3.63) is 35.9 Å². The van der Waals surface area contributed by atoms with Crippen molar-refractivity contribution in [2.75, 3.05) is 40.4 Å². The van der Waals surface area contributed by atoms with E-state index in [0.717, 1.165) is 44.5 Å². The smallest absolute Gasteiger partial charge is 0.229 e. The van der Waals surface area contributed by atoms with Crippen LogP contribution in [0.15, 0.2) is 30.3 Å². The van der Waals surface area contributed by atoms with Crippen molar-refractivity contribution in [3.8, 4) is 0 Å². The van der Waals surface area contributed by atoms with Crippen molar-refractivity contribution >= 4 is 11.8 Å². The van der Waals surface area contributed by atoms with Gasteiger partial charge in [0.05, 0.1) is 18.9 Å². The van der Waals surface area contributed by atoms with Gasteiger partial charge in [0, 0.05) is 33.8 Å². The van der Waals surface area contributed by atoms with Crippen LogP contribution in [-0.4, -0.2) is 62.0 Å². The van der Waals surface area contributed by atoms with E-state index in [2.05, 4.69) is 12.1 Å². The molecule has 2 saturated heterocycles. The van der Waals surface area contributed by atoms with Gasteiger partial charge in [-0.3, -0.25) is 9.59 Å². The van der Waals surface area contributed by atoms with Gasteiger partial charge in [0.1, 0.15) is 0 Å². The molecular formula is C20H28N2O3. The number of hydrogen-bond acceptors (Lipinski definition) is 3. The normalized spacial score (nSPS) is 23.1. The number of ether oxygens (including phenoxy) is 1. The number of likely N-dealkylation sites (tertiary alicyclic amines) is 2. The average Bonchev–Trinajstić information content (AvgIpc) is 2.64. The van der Waals surface area contributed by atoms with Gasteiger partial charge in [0.15, 0.2) is 0 Å². The molecule has 1 aromatic rings. The maximum atomic E-state index is 12.7. The minimum Gasteiger partial charge on any atom is -0.384 e. The maximum absolute atomic E-state index is 12.7. The first kappa shape index (κ1) is 17.9. The Balaban J connectivity index is 1.68. The van der Waals surface area contributed by atoms with Gasteiger partial charge in [-0.1, -0.05) is 30.3 Å². The molecule has 0 bridgehead atoms. The predicted octanol–water partition coefficient (Wildman–Crippen LogP) is 2.28. The summed E-state index contributed by atoms with van der Waals surface area (Å²) < 4.78 is 5.01. The summed E-state index contributed by atoms with van der Waals surface area (Å²) in [5, 5.41) is 0. The number of benzene rings is 1. The third kappa shape index (κ3) is 3.87. The van der Waals surface area contributed by atoms with E-state index in [1.165, 1.54) is 0 Å². The van der Waals surface area contributed by atoms with Crippen LogP contribution in [-0.2, 0) is 14.3 Å². The molecule has 2 amide bonds. The minimum atomic E-state index is -0.0595. The quantitative estimate of drug-likeness (QED) is 0.842. The number of nitrogens with zero attached hydrogens (tertiary/aromatic N) is 2. The minimum absolute atomic E-state index is 0.0595. The van der Waals surface area contributed by atoms with Crippen molar-refractivity contribution in [1.29, 1.82) is 0 Å². The number of likely N-dealkylation sites (N-methyl/N-ethyl adjacent to an activating group) is 1. The standard InChI is InChI=1S/C20H28N2O3/c1-21-15-20(9-11-22(12-10-20)18(23)8-13-25-2)14-17(19(21)24)16-6-4-3-5-7-16/h3-7,17H,8-15H2,1-2H3/t17-/m1/s1. The fourth-order valence-corrected chi connectivity index (χ4v) is 4.32. The highest BCUT2D eigenvalue weighted by molar-refractivity contribution is 5.84. The Morgan fingerprint density at radius 1 is 1.24 bits per heavy atom. The molecule has 1 aromatic carbocycles. The summed E-state index contributed by atoms with van der Waals surface area (Å²) in [4.78, 5) is 28.8. The van der Waals surface area contributed by atoms with E-state index < -0.39 is 0 Å². The highest BCUT2D eigenvalue weighted by atomic mass is 16.5. The van der Waals surface area contributed by atoms with Crippen molar-refractivity contribution in [2.45, 2.75) is 31.6 Å². The Kier molecular flexibility index (Phi) is 5.42. The topological polar surface area (TPSA) is 49.9 Å². The van der Waals surface area contributed by atoms with Gasteiger partial charge in [0.2, 0.25) is 11.8 Å². The zero-order chi connectivity index (χ0) is 17.9. The van der Waals surface area contributed by atoms with Gasteiger partial charge < -0.3 is 14.5 Å². The molecule has 0 aromatic heterocycles. The molecule has 0 N–H and O–H groups in total. The second kappa shape index (κ2) is 7.56. The average molecular weight is 344 g/mol. The Labute approximate surface area is 149 Å². The van der Waals surface area contributed by atoms with Crippen molar-refractivity contribution in [1.82, 2.24) is 9.80 Å². The summed E-state index contributed by atoms with van der Waals surface area (Å²) in [6.07, 6.45) is 3.27. The fourth-order valence-electron chi connectivity index (χ4n) is 4.32. The summed E-state index contributed by atoms with van der Waals surface area (Å²) in [5.41, 5.74) is 1.23. The van der Waals surface area contributed by atoms with Gasteiger partial charge in [-0.2, -0.15) is 0 Å². The zero-order valence-corrected chi connectivity index (χ0v) is 15.2. The molecule has 1 spiro atoms. The van der Waals surface area contributed by atoms with E-state index in [1.54, 1.807) is 7.11 Å². The molecule has 2 fully saturated rings. The summed E-state index contributed by atoms with van der Waals surface area (Å²) in [6.45, 7) is 2.85. The number of methoxy groups -OCH3 is 1. The first-order valence-corrected chi connectivity index (χ1v) is 9.11. The molecular weight excluding hydrogens is 316 g/mol. The van der Waals surface area contributed by atoms with E-state index in [0.29, 0.717) is 13.0 Å². The summed E-state index contributed by atoms with van der Waals surface area (Å²) >= 11 is 0. The lowest BCUT2D eigenvalue weighted by atomic mass is 9.67. The summed E-state index contributed by atoms with van der Waals surface area (Å²) in [5.74, 6) is 0.336. The summed E-state index contributed by atoms with van der Waals surface area (Å²) in [6, 6.07) is 10.1. The second-order valence-electron chi connectivity index (χ2n) is 7.49.